The van der Waals surface area contributed by atoms with Crippen molar-refractivity contribution in [3.63, 3.8) is 0 Å². The van der Waals surface area contributed by atoms with Crippen LogP contribution < -0.4 is 10.1 Å². The molecule has 0 aromatic heterocycles. The first-order valence-electron chi connectivity index (χ1n) is 8.19. The topological polar surface area (TPSA) is 113 Å². The highest BCUT2D eigenvalue weighted by molar-refractivity contribution is 6.09. The number of hydrogen-bond donors (Lipinski definition) is 3. The summed E-state index contributed by atoms with van der Waals surface area (Å²) in [6, 6.07) is 18.5. The number of aromatic hydroxyl groups is 1. The maximum absolute atomic E-state index is 12.3. The van der Waals surface area contributed by atoms with Gasteiger partial charge in [-0.15, -0.1) is 0 Å². The summed E-state index contributed by atoms with van der Waals surface area (Å²) in [4.78, 5) is 35.2. The fraction of sp³-hybridized carbons (Fsp3) is 0. The molecule has 140 valence electrons. The van der Waals surface area contributed by atoms with Crippen LogP contribution in [0.4, 0.5) is 10.5 Å². The highest BCUT2D eigenvalue weighted by Gasteiger charge is 2.13. The molecule has 0 heterocycles. The van der Waals surface area contributed by atoms with Gasteiger partial charge in [0.2, 0.25) is 0 Å². The molecule has 7 heteroatoms. The van der Waals surface area contributed by atoms with Gasteiger partial charge in [0, 0.05) is 22.9 Å². The lowest BCUT2D eigenvalue weighted by atomic mass is 10.0. The van der Waals surface area contributed by atoms with Crippen molar-refractivity contribution in [3.8, 4) is 11.5 Å². The van der Waals surface area contributed by atoms with Crippen molar-refractivity contribution < 1.29 is 29.3 Å². The highest BCUT2D eigenvalue weighted by atomic mass is 16.6. The number of anilines is 1. The Kier molecular flexibility index (Phi) is 5.36. The van der Waals surface area contributed by atoms with Crippen molar-refractivity contribution in [1.29, 1.82) is 0 Å². The maximum atomic E-state index is 12.3. The SMILES string of the molecule is O=C(Nc1ccc(C(=O)O)c(O)c1)Oc1ccc(C(=O)c2ccccc2)cc1. The van der Waals surface area contributed by atoms with E-state index in [1.54, 1.807) is 36.4 Å². The number of aromatic carboxylic acids is 1. The minimum absolute atomic E-state index is 0.148. The Bertz CT molecular complexity index is 1030. The molecule has 0 atom stereocenters. The highest BCUT2D eigenvalue weighted by Crippen LogP contribution is 2.22. The van der Waals surface area contributed by atoms with Crippen molar-refractivity contribution in [1.82, 2.24) is 0 Å². The van der Waals surface area contributed by atoms with E-state index in [-0.39, 0.29) is 22.8 Å². The summed E-state index contributed by atoms with van der Waals surface area (Å²) >= 11 is 0. The third-order valence-corrected chi connectivity index (χ3v) is 3.84. The molecule has 28 heavy (non-hydrogen) atoms. The first kappa shape index (κ1) is 18.7. The van der Waals surface area contributed by atoms with Crippen LogP contribution in [0.2, 0.25) is 0 Å². The van der Waals surface area contributed by atoms with Crippen molar-refractivity contribution in [3.05, 3.63) is 89.5 Å². The zero-order valence-corrected chi connectivity index (χ0v) is 14.5. The van der Waals surface area contributed by atoms with Gasteiger partial charge in [0.15, 0.2) is 5.78 Å². The quantitative estimate of drug-likeness (QED) is 0.581. The van der Waals surface area contributed by atoms with Gasteiger partial charge in [-0.3, -0.25) is 10.1 Å². The maximum Gasteiger partial charge on any atom is 0.417 e. The van der Waals surface area contributed by atoms with Gasteiger partial charge in [0.25, 0.3) is 0 Å². The molecule has 0 unspecified atom stereocenters. The van der Waals surface area contributed by atoms with E-state index in [2.05, 4.69) is 5.32 Å². The molecule has 0 saturated heterocycles. The predicted octanol–water partition coefficient (Wildman–Crippen LogP) is 3.93. The van der Waals surface area contributed by atoms with E-state index in [1.165, 1.54) is 18.2 Å². The number of ether oxygens (including phenoxy) is 1. The Morgan fingerprint density at radius 3 is 2.07 bits per heavy atom. The second kappa shape index (κ2) is 8.05. The smallest absolute Gasteiger partial charge is 0.417 e. The second-order valence-electron chi connectivity index (χ2n) is 5.77. The molecule has 0 aliphatic rings. The van der Waals surface area contributed by atoms with Crippen molar-refractivity contribution in [2.75, 3.05) is 5.32 Å². The molecule has 3 aromatic rings. The number of carbonyl (C=O) groups is 3. The van der Waals surface area contributed by atoms with Gasteiger partial charge >= 0.3 is 12.1 Å². The van der Waals surface area contributed by atoms with E-state index < -0.39 is 17.8 Å². The van der Waals surface area contributed by atoms with E-state index in [0.29, 0.717) is 11.1 Å². The van der Waals surface area contributed by atoms with Gasteiger partial charge in [0.05, 0.1) is 0 Å². The fourth-order valence-electron chi connectivity index (χ4n) is 2.47. The average molecular weight is 377 g/mol. The van der Waals surface area contributed by atoms with Gasteiger partial charge in [-0.1, -0.05) is 30.3 Å². The van der Waals surface area contributed by atoms with Crippen LogP contribution in [0, 0.1) is 0 Å². The van der Waals surface area contributed by atoms with Crippen LogP contribution >= 0.6 is 0 Å². The standard InChI is InChI=1S/C21H15NO6/c23-18-12-15(8-11-17(18)20(25)26)22-21(27)28-16-9-6-14(7-10-16)19(24)13-4-2-1-3-5-13/h1-12,23H,(H,22,27)(H,25,26). The Hall–Kier alpha value is -4.13. The molecule has 0 saturated carbocycles. The van der Waals surface area contributed by atoms with Gasteiger partial charge in [-0.2, -0.15) is 0 Å². The third kappa shape index (κ3) is 4.34. The van der Waals surface area contributed by atoms with E-state index in [1.807, 2.05) is 6.07 Å². The summed E-state index contributed by atoms with van der Waals surface area (Å²) in [5, 5.41) is 20.9. The van der Waals surface area contributed by atoms with Crippen LogP contribution in [-0.2, 0) is 0 Å². The number of nitrogens with one attached hydrogen (secondary N) is 1. The van der Waals surface area contributed by atoms with Gasteiger partial charge < -0.3 is 14.9 Å². The van der Waals surface area contributed by atoms with Crippen LogP contribution in [0.1, 0.15) is 26.3 Å². The number of hydrogen-bond acceptors (Lipinski definition) is 5. The largest absolute Gasteiger partial charge is 0.507 e. The third-order valence-electron chi connectivity index (χ3n) is 3.84. The van der Waals surface area contributed by atoms with E-state index >= 15 is 0 Å². The molecular formula is C21H15NO6. The van der Waals surface area contributed by atoms with Crippen LogP contribution in [0.3, 0.4) is 0 Å². The van der Waals surface area contributed by atoms with Gasteiger partial charge in [-0.25, -0.2) is 9.59 Å². The zero-order chi connectivity index (χ0) is 20.1. The Labute approximate surface area is 159 Å². The van der Waals surface area contributed by atoms with E-state index in [0.717, 1.165) is 12.1 Å². The number of amides is 1. The molecule has 0 aliphatic heterocycles. The number of benzene rings is 3. The molecule has 0 fully saturated rings. The number of carboxylic acids is 1. The number of rotatable bonds is 5. The van der Waals surface area contributed by atoms with E-state index in [4.69, 9.17) is 9.84 Å². The zero-order valence-electron chi connectivity index (χ0n) is 14.5. The minimum Gasteiger partial charge on any atom is -0.507 e. The Morgan fingerprint density at radius 2 is 1.46 bits per heavy atom. The molecule has 3 N–H and O–H groups in total. The average Bonchev–Trinajstić information content (AvgIpc) is 2.68. The Morgan fingerprint density at radius 1 is 0.821 bits per heavy atom. The summed E-state index contributed by atoms with van der Waals surface area (Å²) in [6.45, 7) is 0. The van der Waals surface area contributed by atoms with E-state index in [9.17, 15) is 19.5 Å². The second-order valence-corrected chi connectivity index (χ2v) is 5.77. The number of carbonyl (C=O) groups excluding carboxylic acids is 2. The van der Waals surface area contributed by atoms with Crippen LogP contribution in [-0.4, -0.2) is 28.1 Å². The molecule has 1 amide bonds. The lowest BCUT2D eigenvalue weighted by molar-refractivity contribution is 0.0693. The lowest BCUT2D eigenvalue weighted by Gasteiger charge is -2.08. The van der Waals surface area contributed by atoms with Crippen molar-refractivity contribution in [2.24, 2.45) is 0 Å². The Balaban J connectivity index is 1.64. The van der Waals surface area contributed by atoms with Crippen LogP contribution in [0.5, 0.6) is 11.5 Å². The molecule has 3 rings (SSSR count). The van der Waals surface area contributed by atoms with Gasteiger partial charge in [0.1, 0.15) is 17.1 Å². The summed E-state index contributed by atoms with van der Waals surface area (Å²) < 4.78 is 5.12. The molecule has 7 nitrogen and oxygen atoms in total. The summed E-state index contributed by atoms with van der Waals surface area (Å²) in [5.41, 5.74) is 0.896. The number of phenols is 1. The first-order valence-corrected chi connectivity index (χ1v) is 8.19. The summed E-state index contributed by atoms with van der Waals surface area (Å²) in [5.74, 6) is -1.69. The molecular weight excluding hydrogens is 362 g/mol. The van der Waals surface area contributed by atoms with Crippen LogP contribution in [0.25, 0.3) is 0 Å². The molecule has 0 bridgehead atoms. The van der Waals surface area contributed by atoms with Crippen LogP contribution in [0.15, 0.2) is 72.8 Å². The number of carboxylic acid groups (broad SMARTS) is 1. The summed E-state index contributed by atoms with van der Waals surface area (Å²) in [7, 11) is 0. The minimum atomic E-state index is -1.28. The molecule has 0 radical (unpaired) electrons. The van der Waals surface area contributed by atoms with Crippen molar-refractivity contribution in [2.45, 2.75) is 0 Å². The van der Waals surface area contributed by atoms with Gasteiger partial charge in [-0.05, 0) is 36.4 Å². The normalized spacial score (nSPS) is 10.1. The first-order chi connectivity index (χ1) is 13.4. The van der Waals surface area contributed by atoms with Crippen molar-refractivity contribution >= 4 is 23.5 Å². The molecule has 3 aromatic carbocycles. The molecule has 0 aliphatic carbocycles. The molecule has 0 spiro atoms. The lowest BCUT2D eigenvalue weighted by Crippen LogP contribution is -2.16. The number of ketones is 1. The fourth-order valence-corrected chi connectivity index (χ4v) is 2.47. The monoisotopic (exact) mass is 377 g/mol. The summed E-state index contributed by atoms with van der Waals surface area (Å²) in [6.07, 6.45) is -0.829. The predicted molar refractivity (Wildman–Crippen MR) is 101 cm³/mol.